The third kappa shape index (κ3) is 2.35. The number of nitrogens with one attached hydrogen (secondary N) is 1. The maximum absolute atomic E-state index is 3.55. The molecule has 0 radical (unpaired) electrons. The Hall–Kier alpha value is -0.440. The van der Waals surface area contributed by atoms with Crippen molar-refractivity contribution in [2.45, 2.75) is 31.7 Å². The minimum absolute atomic E-state index is 0. The average molecular weight is 301 g/mol. The fourth-order valence-electron chi connectivity index (χ4n) is 4.12. The van der Waals surface area contributed by atoms with Gasteiger partial charge >= 0.3 is 0 Å². The fraction of sp³-hybridized carbons (Fsp3) is 0.600. The maximum Gasteiger partial charge on any atom is 0.0447 e. The predicted molar refractivity (Wildman–Crippen MR) is 84.9 cm³/mol. The molecule has 0 saturated heterocycles. The number of rotatable bonds is 0. The van der Waals surface area contributed by atoms with Crippen LogP contribution in [0.1, 0.15) is 36.3 Å². The summed E-state index contributed by atoms with van der Waals surface area (Å²) >= 11 is 0. The van der Waals surface area contributed by atoms with Gasteiger partial charge in [0, 0.05) is 31.9 Å². The Morgan fingerprint density at radius 3 is 2.95 bits per heavy atom. The molecule has 1 aliphatic carbocycles. The molecule has 0 aromatic heterocycles. The highest BCUT2D eigenvalue weighted by molar-refractivity contribution is 5.85. The lowest BCUT2D eigenvalue weighted by Crippen LogP contribution is -2.38. The van der Waals surface area contributed by atoms with Crippen molar-refractivity contribution in [1.82, 2.24) is 5.32 Å². The lowest BCUT2D eigenvalue weighted by Gasteiger charge is -2.38. The van der Waals surface area contributed by atoms with Gasteiger partial charge in [0.2, 0.25) is 0 Å². The third-order valence-corrected chi connectivity index (χ3v) is 4.85. The summed E-state index contributed by atoms with van der Waals surface area (Å²) in [7, 11) is 0. The van der Waals surface area contributed by atoms with E-state index in [1.807, 2.05) is 0 Å². The summed E-state index contributed by atoms with van der Waals surface area (Å²) < 4.78 is 0. The Morgan fingerprint density at radius 2 is 2.05 bits per heavy atom. The van der Waals surface area contributed by atoms with Crippen molar-refractivity contribution in [1.29, 1.82) is 0 Å². The number of hydrogen-bond donors (Lipinski definition) is 1. The normalized spacial score (nSPS) is 27.5. The van der Waals surface area contributed by atoms with E-state index in [2.05, 4.69) is 28.4 Å². The highest BCUT2D eigenvalue weighted by atomic mass is 35.5. The van der Waals surface area contributed by atoms with E-state index in [4.69, 9.17) is 0 Å². The van der Waals surface area contributed by atoms with E-state index < -0.39 is 0 Å². The van der Waals surface area contributed by atoms with Gasteiger partial charge < -0.3 is 10.2 Å². The topological polar surface area (TPSA) is 15.3 Å². The monoisotopic (exact) mass is 300 g/mol. The molecule has 4 heteroatoms. The van der Waals surface area contributed by atoms with E-state index in [0.29, 0.717) is 0 Å². The molecule has 2 atom stereocenters. The highest BCUT2D eigenvalue weighted by Crippen LogP contribution is 2.48. The van der Waals surface area contributed by atoms with E-state index in [-0.39, 0.29) is 24.8 Å². The molecule has 0 amide bonds. The van der Waals surface area contributed by atoms with Crippen LogP contribution in [0.2, 0.25) is 0 Å². The van der Waals surface area contributed by atoms with Crippen molar-refractivity contribution in [3.63, 3.8) is 0 Å². The van der Waals surface area contributed by atoms with Gasteiger partial charge in [-0.2, -0.15) is 0 Å². The summed E-state index contributed by atoms with van der Waals surface area (Å²) in [5.74, 6) is 1.79. The fourth-order valence-corrected chi connectivity index (χ4v) is 4.12. The number of hydrogen-bond acceptors (Lipinski definition) is 2. The summed E-state index contributed by atoms with van der Waals surface area (Å²) in [5.41, 5.74) is 4.76. The van der Waals surface area contributed by atoms with E-state index in [1.165, 1.54) is 37.9 Å². The number of anilines is 1. The molecular formula is C15H22Cl2N2. The SMILES string of the molecule is Cl.Cl.c1cc2c3c(c1)[C@H]1CCC[C@H]1CN3CCNC2. The molecule has 1 saturated carbocycles. The molecule has 106 valence electrons. The molecule has 0 unspecified atom stereocenters. The Balaban J connectivity index is 0.000000667. The highest BCUT2D eigenvalue weighted by Gasteiger charge is 2.37. The van der Waals surface area contributed by atoms with Crippen LogP contribution in [0.25, 0.3) is 0 Å². The molecule has 2 heterocycles. The summed E-state index contributed by atoms with van der Waals surface area (Å²) in [4.78, 5) is 2.65. The van der Waals surface area contributed by atoms with E-state index >= 15 is 0 Å². The molecule has 1 aromatic rings. The lowest BCUT2D eigenvalue weighted by atomic mass is 9.82. The molecule has 1 N–H and O–H groups in total. The maximum atomic E-state index is 3.55. The van der Waals surface area contributed by atoms with E-state index in [9.17, 15) is 0 Å². The first kappa shape index (κ1) is 15.0. The molecule has 19 heavy (non-hydrogen) atoms. The molecule has 2 nitrogen and oxygen atoms in total. The average Bonchev–Trinajstić information content (AvgIpc) is 2.73. The molecule has 4 rings (SSSR count). The minimum Gasteiger partial charge on any atom is -0.369 e. The first-order valence-corrected chi connectivity index (χ1v) is 7.01. The van der Waals surface area contributed by atoms with Gasteiger partial charge in [-0.3, -0.25) is 0 Å². The smallest absolute Gasteiger partial charge is 0.0447 e. The molecular weight excluding hydrogens is 279 g/mol. The quantitative estimate of drug-likeness (QED) is 0.790. The molecule has 1 fully saturated rings. The third-order valence-electron chi connectivity index (χ3n) is 4.85. The van der Waals surface area contributed by atoms with Crippen molar-refractivity contribution in [3.8, 4) is 0 Å². The van der Waals surface area contributed by atoms with Crippen LogP contribution in [0.3, 0.4) is 0 Å². The van der Waals surface area contributed by atoms with Crippen LogP contribution in [0.15, 0.2) is 18.2 Å². The van der Waals surface area contributed by atoms with Crippen LogP contribution in [0.5, 0.6) is 0 Å². The second-order valence-electron chi connectivity index (χ2n) is 5.78. The minimum atomic E-state index is 0. The van der Waals surface area contributed by atoms with Crippen LogP contribution in [-0.4, -0.2) is 19.6 Å². The molecule has 3 aliphatic rings. The standard InChI is InChI=1S/C15H20N2.2ClH/c1-3-11-9-16-7-8-17-10-12-4-2-5-13(12)14(6-1)15(11)17;;/h1,3,6,12-13,16H,2,4-5,7-10H2;2*1H/t12-,13-;;/m0../s1. The Bertz CT molecular complexity index is 450. The van der Waals surface area contributed by atoms with Crippen molar-refractivity contribution in [2.75, 3.05) is 24.5 Å². The number of halogens is 2. The van der Waals surface area contributed by atoms with Crippen molar-refractivity contribution in [3.05, 3.63) is 29.3 Å². The van der Waals surface area contributed by atoms with Crippen LogP contribution in [0.4, 0.5) is 5.69 Å². The van der Waals surface area contributed by atoms with Gasteiger partial charge in [0.1, 0.15) is 0 Å². The number of benzene rings is 1. The second kappa shape index (κ2) is 5.90. The first-order chi connectivity index (χ1) is 8.43. The van der Waals surface area contributed by atoms with Gasteiger partial charge in [-0.15, -0.1) is 24.8 Å². The Labute approximate surface area is 127 Å². The van der Waals surface area contributed by atoms with Crippen LogP contribution in [0, 0.1) is 5.92 Å². The van der Waals surface area contributed by atoms with Gasteiger partial charge in [0.15, 0.2) is 0 Å². The summed E-state index contributed by atoms with van der Waals surface area (Å²) in [6.45, 7) is 4.67. The zero-order valence-corrected chi connectivity index (χ0v) is 12.7. The van der Waals surface area contributed by atoms with Crippen molar-refractivity contribution >= 4 is 30.5 Å². The van der Waals surface area contributed by atoms with Gasteiger partial charge in [0.05, 0.1) is 0 Å². The Morgan fingerprint density at radius 1 is 1.16 bits per heavy atom. The zero-order chi connectivity index (χ0) is 11.2. The number of fused-ring (bicyclic) bond motifs is 2. The summed E-state index contributed by atoms with van der Waals surface area (Å²) in [6, 6.07) is 6.96. The Kier molecular flexibility index (Phi) is 4.65. The van der Waals surface area contributed by atoms with E-state index in [0.717, 1.165) is 24.9 Å². The molecule has 2 aliphatic heterocycles. The predicted octanol–water partition coefficient (Wildman–Crippen LogP) is 3.34. The van der Waals surface area contributed by atoms with Crippen molar-refractivity contribution < 1.29 is 0 Å². The first-order valence-electron chi connectivity index (χ1n) is 7.01. The molecule has 0 spiro atoms. The largest absolute Gasteiger partial charge is 0.369 e. The number of nitrogens with zero attached hydrogens (tertiary/aromatic N) is 1. The lowest BCUT2D eigenvalue weighted by molar-refractivity contribution is 0.454. The zero-order valence-electron chi connectivity index (χ0n) is 11.1. The van der Waals surface area contributed by atoms with Gasteiger partial charge in [0.25, 0.3) is 0 Å². The van der Waals surface area contributed by atoms with Crippen LogP contribution in [-0.2, 0) is 6.54 Å². The van der Waals surface area contributed by atoms with Crippen LogP contribution >= 0.6 is 24.8 Å². The van der Waals surface area contributed by atoms with Gasteiger partial charge in [-0.1, -0.05) is 24.6 Å². The second-order valence-corrected chi connectivity index (χ2v) is 5.78. The number of para-hydroxylation sites is 1. The molecule has 0 bridgehead atoms. The van der Waals surface area contributed by atoms with Crippen LogP contribution < -0.4 is 10.2 Å². The summed E-state index contributed by atoms with van der Waals surface area (Å²) in [5, 5.41) is 3.55. The summed E-state index contributed by atoms with van der Waals surface area (Å²) in [6.07, 6.45) is 4.30. The van der Waals surface area contributed by atoms with E-state index in [1.54, 1.807) is 11.3 Å². The molecule has 1 aromatic carbocycles. The van der Waals surface area contributed by atoms with Gasteiger partial charge in [-0.05, 0) is 35.8 Å². The van der Waals surface area contributed by atoms with Crippen molar-refractivity contribution in [2.24, 2.45) is 5.92 Å². The van der Waals surface area contributed by atoms with Gasteiger partial charge in [-0.25, -0.2) is 0 Å².